The molecule has 0 bridgehead atoms. The van der Waals surface area contributed by atoms with Crippen molar-refractivity contribution < 1.29 is 27.1 Å². The molecule has 2 unspecified atom stereocenters. The lowest BCUT2D eigenvalue weighted by Gasteiger charge is -2.12. The van der Waals surface area contributed by atoms with Crippen LogP contribution in [0.4, 0.5) is 22.0 Å². The van der Waals surface area contributed by atoms with Gasteiger partial charge in [-0.2, -0.15) is 13.2 Å². The molecule has 0 aliphatic heterocycles. The van der Waals surface area contributed by atoms with Gasteiger partial charge < -0.3 is 5.11 Å². The van der Waals surface area contributed by atoms with Crippen LogP contribution < -0.4 is 0 Å². The molecule has 0 amide bonds. The first-order chi connectivity index (χ1) is 7.72. The van der Waals surface area contributed by atoms with Crippen molar-refractivity contribution in [3.05, 3.63) is 35.4 Å². The summed E-state index contributed by atoms with van der Waals surface area (Å²) in [5.74, 6) is -4.08. The fraction of sp³-hybridized carbons (Fsp3) is 0.455. The zero-order valence-corrected chi connectivity index (χ0v) is 8.51. The van der Waals surface area contributed by atoms with Gasteiger partial charge in [0.25, 0.3) is 5.92 Å². The van der Waals surface area contributed by atoms with Gasteiger partial charge in [0.1, 0.15) is 0 Å². The summed E-state index contributed by atoms with van der Waals surface area (Å²) in [5, 5.41) is 9.53. The van der Waals surface area contributed by atoms with E-state index in [4.69, 9.17) is 0 Å². The average molecular weight is 252 g/mol. The molecule has 2 rings (SSSR count). The van der Waals surface area contributed by atoms with Crippen LogP contribution in [0.25, 0.3) is 0 Å². The highest BCUT2D eigenvalue weighted by molar-refractivity contribution is 5.27. The van der Waals surface area contributed by atoms with Crippen molar-refractivity contribution in [3.63, 3.8) is 0 Å². The Balaban J connectivity index is 2.14. The Bertz CT molecular complexity index is 409. The summed E-state index contributed by atoms with van der Waals surface area (Å²) in [6.45, 7) is 0. The number of hydrogen-bond donors (Lipinski definition) is 1. The molecular formula is C11H9F5O. The Kier molecular flexibility index (Phi) is 2.65. The predicted molar refractivity (Wildman–Crippen MR) is 49.5 cm³/mol. The standard InChI is InChI=1S/C11H9F5O/c12-10(13)5-8(10)9(17)6-1-3-7(4-2-6)11(14,15)16/h1-4,8-9,17H,5H2. The van der Waals surface area contributed by atoms with Gasteiger partial charge in [-0.1, -0.05) is 12.1 Å². The van der Waals surface area contributed by atoms with E-state index >= 15 is 0 Å². The lowest BCUT2D eigenvalue weighted by molar-refractivity contribution is -0.137. The molecule has 1 aliphatic rings. The van der Waals surface area contributed by atoms with Crippen molar-refractivity contribution in [1.82, 2.24) is 0 Å². The third-order valence-electron chi connectivity index (χ3n) is 2.84. The Morgan fingerprint density at radius 1 is 1.18 bits per heavy atom. The van der Waals surface area contributed by atoms with E-state index in [1.54, 1.807) is 0 Å². The molecule has 1 fully saturated rings. The number of halogens is 5. The summed E-state index contributed by atoms with van der Waals surface area (Å²) in [6, 6.07) is 3.61. The predicted octanol–water partition coefficient (Wildman–Crippen LogP) is 3.39. The number of rotatable bonds is 2. The number of benzene rings is 1. The van der Waals surface area contributed by atoms with E-state index in [-0.39, 0.29) is 5.56 Å². The summed E-state index contributed by atoms with van der Waals surface area (Å²) in [6.07, 6.45) is -6.30. The van der Waals surface area contributed by atoms with E-state index in [1.807, 2.05) is 0 Å². The van der Waals surface area contributed by atoms with Gasteiger partial charge in [-0.3, -0.25) is 0 Å². The molecule has 1 saturated carbocycles. The highest BCUT2D eigenvalue weighted by atomic mass is 19.4. The maximum Gasteiger partial charge on any atom is 0.416 e. The van der Waals surface area contributed by atoms with Gasteiger partial charge in [0.2, 0.25) is 0 Å². The molecule has 17 heavy (non-hydrogen) atoms. The third-order valence-corrected chi connectivity index (χ3v) is 2.84. The fourth-order valence-corrected chi connectivity index (χ4v) is 1.68. The van der Waals surface area contributed by atoms with E-state index in [1.165, 1.54) is 0 Å². The maximum absolute atomic E-state index is 12.7. The number of hydrogen-bond acceptors (Lipinski definition) is 1. The first-order valence-electron chi connectivity index (χ1n) is 4.95. The first kappa shape index (κ1) is 12.3. The molecule has 0 saturated heterocycles. The molecular weight excluding hydrogens is 243 g/mol. The van der Waals surface area contributed by atoms with E-state index in [9.17, 15) is 27.1 Å². The van der Waals surface area contributed by atoms with Crippen LogP contribution in [0, 0.1) is 5.92 Å². The molecule has 0 radical (unpaired) electrons. The highest BCUT2D eigenvalue weighted by Gasteiger charge is 2.60. The largest absolute Gasteiger partial charge is 0.416 e. The molecule has 1 aromatic rings. The van der Waals surface area contributed by atoms with Crippen molar-refractivity contribution in [2.24, 2.45) is 5.92 Å². The van der Waals surface area contributed by atoms with Gasteiger partial charge in [-0.25, -0.2) is 8.78 Å². The SMILES string of the molecule is OC(c1ccc(C(F)(F)F)cc1)C1CC1(F)F. The van der Waals surface area contributed by atoms with Crippen LogP contribution in [0.5, 0.6) is 0 Å². The van der Waals surface area contributed by atoms with Crippen LogP contribution in [-0.4, -0.2) is 11.0 Å². The van der Waals surface area contributed by atoms with E-state index in [0.717, 1.165) is 24.3 Å². The van der Waals surface area contributed by atoms with E-state index in [0.29, 0.717) is 0 Å². The van der Waals surface area contributed by atoms with Gasteiger partial charge in [0, 0.05) is 6.42 Å². The van der Waals surface area contributed by atoms with Crippen LogP contribution in [0.1, 0.15) is 23.7 Å². The minimum absolute atomic E-state index is 0.0835. The molecule has 1 aromatic carbocycles. The van der Waals surface area contributed by atoms with E-state index < -0.39 is 36.1 Å². The molecule has 0 spiro atoms. The molecule has 6 heteroatoms. The second-order valence-corrected chi connectivity index (χ2v) is 4.14. The smallest absolute Gasteiger partial charge is 0.388 e. The Hall–Kier alpha value is -1.17. The molecule has 1 aliphatic carbocycles. The molecule has 1 N–H and O–H groups in total. The van der Waals surface area contributed by atoms with Crippen LogP contribution in [0.3, 0.4) is 0 Å². The van der Waals surface area contributed by atoms with Gasteiger partial charge in [0.15, 0.2) is 0 Å². The summed E-state index contributed by atoms with van der Waals surface area (Å²) in [4.78, 5) is 0. The molecule has 94 valence electrons. The van der Waals surface area contributed by atoms with Crippen LogP contribution in [0.2, 0.25) is 0 Å². The molecule has 0 aromatic heterocycles. The minimum atomic E-state index is -4.47. The monoisotopic (exact) mass is 252 g/mol. The Labute approximate surface area is 93.9 Å². The van der Waals surface area contributed by atoms with Crippen LogP contribution in [0.15, 0.2) is 24.3 Å². The van der Waals surface area contributed by atoms with Gasteiger partial charge in [-0.05, 0) is 17.7 Å². The topological polar surface area (TPSA) is 20.2 Å². The quantitative estimate of drug-likeness (QED) is 0.800. The first-order valence-corrected chi connectivity index (χ1v) is 4.95. The Morgan fingerprint density at radius 3 is 2.00 bits per heavy atom. The molecule has 1 nitrogen and oxygen atoms in total. The van der Waals surface area contributed by atoms with Crippen molar-refractivity contribution in [2.45, 2.75) is 24.6 Å². The zero-order valence-electron chi connectivity index (χ0n) is 8.51. The van der Waals surface area contributed by atoms with Crippen LogP contribution in [-0.2, 0) is 6.18 Å². The zero-order chi connectivity index (χ0) is 12.8. The maximum atomic E-state index is 12.7. The fourth-order valence-electron chi connectivity index (χ4n) is 1.68. The van der Waals surface area contributed by atoms with Crippen LogP contribution >= 0.6 is 0 Å². The highest BCUT2D eigenvalue weighted by Crippen LogP contribution is 2.55. The van der Waals surface area contributed by atoms with Crippen molar-refractivity contribution in [1.29, 1.82) is 0 Å². The summed E-state index contributed by atoms with van der Waals surface area (Å²) < 4.78 is 62.0. The van der Waals surface area contributed by atoms with Gasteiger partial charge >= 0.3 is 6.18 Å². The lowest BCUT2D eigenvalue weighted by Crippen LogP contribution is -2.08. The third kappa shape index (κ3) is 2.41. The average Bonchev–Trinajstić information content (AvgIpc) is 2.86. The Morgan fingerprint density at radius 2 is 1.65 bits per heavy atom. The van der Waals surface area contributed by atoms with E-state index in [2.05, 4.69) is 0 Å². The summed E-state index contributed by atoms with van der Waals surface area (Å²) in [5.41, 5.74) is -0.781. The van der Waals surface area contributed by atoms with Crippen molar-refractivity contribution >= 4 is 0 Å². The minimum Gasteiger partial charge on any atom is -0.388 e. The van der Waals surface area contributed by atoms with Crippen molar-refractivity contribution in [2.75, 3.05) is 0 Å². The van der Waals surface area contributed by atoms with Crippen molar-refractivity contribution in [3.8, 4) is 0 Å². The van der Waals surface area contributed by atoms with Gasteiger partial charge in [-0.15, -0.1) is 0 Å². The number of aliphatic hydroxyl groups excluding tert-OH is 1. The lowest BCUT2D eigenvalue weighted by atomic mass is 10.0. The second kappa shape index (κ2) is 3.66. The normalized spacial score (nSPS) is 24.5. The molecule has 2 atom stereocenters. The summed E-state index contributed by atoms with van der Waals surface area (Å²) in [7, 11) is 0. The summed E-state index contributed by atoms with van der Waals surface area (Å²) >= 11 is 0. The molecule has 0 heterocycles. The van der Waals surface area contributed by atoms with Gasteiger partial charge in [0.05, 0.1) is 17.6 Å². The number of alkyl halides is 5. The number of aliphatic hydroxyl groups is 1. The second-order valence-electron chi connectivity index (χ2n) is 4.14.